The van der Waals surface area contributed by atoms with E-state index in [0.29, 0.717) is 4.90 Å². The molecule has 0 aliphatic heterocycles. The van der Waals surface area contributed by atoms with Crippen LogP contribution in [0.3, 0.4) is 0 Å². The summed E-state index contributed by atoms with van der Waals surface area (Å²) in [6.45, 7) is -1.49. The van der Waals surface area contributed by atoms with Gasteiger partial charge >= 0.3 is 18.1 Å². The molecule has 0 unspecified atom stereocenters. The van der Waals surface area contributed by atoms with E-state index in [1.54, 1.807) is 0 Å². The van der Waals surface area contributed by atoms with Crippen molar-refractivity contribution in [1.29, 1.82) is 0 Å². The van der Waals surface area contributed by atoms with Gasteiger partial charge in [0.15, 0.2) is 0 Å². The minimum absolute atomic E-state index is 0.0625. The number of aliphatic hydroxyl groups excluding tert-OH is 1. The summed E-state index contributed by atoms with van der Waals surface area (Å²) in [6.07, 6.45) is -5.63. The third-order valence-electron chi connectivity index (χ3n) is 1.87. The molecule has 0 aromatic rings. The number of alkyl halides is 3. The van der Waals surface area contributed by atoms with Crippen molar-refractivity contribution in [2.24, 2.45) is 0 Å². The molecule has 2 N–H and O–H groups in total. The number of rotatable bonds is 8. The molecule has 6 nitrogen and oxygen atoms in total. The lowest BCUT2D eigenvalue weighted by atomic mass is 10.3. The minimum atomic E-state index is -5.05. The fourth-order valence-corrected chi connectivity index (χ4v) is 1.07. The van der Waals surface area contributed by atoms with E-state index in [2.05, 4.69) is 0 Å². The second-order valence-corrected chi connectivity index (χ2v) is 3.27. The Morgan fingerprint density at radius 2 is 1.78 bits per heavy atom. The number of carbonyl (C=O) groups excluding carboxylic acids is 1. The van der Waals surface area contributed by atoms with E-state index in [4.69, 9.17) is 14.9 Å². The Bertz CT molecular complexity index is 282. The summed E-state index contributed by atoms with van der Waals surface area (Å²) in [4.78, 5) is 21.6. The monoisotopic (exact) mass is 273 g/mol. The summed E-state index contributed by atoms with van der Waals surface area (Å²) in [5.74, 6) is -3.40. The third kappa shape index (κ3) is 7.07. The molecule has 106 valence electrons. The van der Waals surface area contributed by atoms with Crippen LogP contribution in [-0.4, -0.2) is 66.1 Å². The zero-order valence-corrected chi connectivity index (χ0v) is 9.44. The van der Waals surface area contributed by atoms with Crippen LogP contribution in [0.4, 0.5) is 13.2 Å². The maximum Gasteiger partial charge on any atom is 0.471 e. The summed E-state index contributed by atoms with van der Waals surface area (Å²) in [5.41, 5.74) is 0. The Labute approximate surface area is 101 Å². The maximum absolute atomic E-state index is 12.2. The summed E-state index contributed by atoms with van der Waals surface area (Å²) < 4.78 is 41.3. The molecule has 18 heavy (non-hydrogen) atoms. The first-order valence-electron chi connectivity index (χ1n) is 5.05. The summed E-state index contributed by atoms with van der Waals surface area (Å²) in [7, 11) is 0. The van der Waals surface area contributed by atoms with E-state index < -0.39 is 31.0 Å². The predicted octanol–water partition coefficient (Wildman–Crippen LogP) is -0.139. The molecule has 0 heterocycles. The van der Waals surface area contributed by atoms with Crippen molar-refractivity contribution in [3.05, 3.63) is 0 Å². The Morgan fingerprint density at radius 3 is 2.22 bits per heavy atom. The first kappa shape index (κ1) is 16.6. The largest absolute Gasteiger partial charge is 0.481 e. The molecule has 0 rings (SSSR count). The van der Waals surface area contributed by atoms with Gasteiger partial charge in [0.1, 0.15) is 0 Å². The van der Waals surface area contributed by atoms with Gasteiger partial charge in [0, 0.05) is 13.1 Å². The third-order valence-corrected chi connectivity index (χ3v) is 1.87. The Hall–Kier alpha value is -1.35. The van der Waals surface area contributed by atoms with Gasteiger partial charge in [0.2, 0.25) is 0 Å². The molecule has 0 aliphatic rings. The number of nitrogens with zero attached hydrogens (tertiary/aromatic N) is 1. The molecule has 0 atom stereocenters. The second kappa shape index (κ2) is 7.88. The van der Waals surface area contributed by atoms with Crippen LogP contribution in [-0.2, 0) is 14.3 Å². The summed E-state index contributed by atoms with van der Waals surface area (Å²) in [5, 5.41) is 16.8. The van der Waals surface area contributed by atoms with Crippen molar-refractivity contribution in [1.82, 2.24) is 4.90 Å². The lowest BCUT2D eigenvalue weighted by Crippen LogP contribution is -2.43. The highest BCUT2D eigenvalue weighted by Gasteiger charge is 2.42. The van der Waals surface area contributed by atoms with Crippen molar-refractivity contribution in [2.45, 2.75) is 12.6 Å². The van der Waals surface area contributed by atoms with Crippen molar-refractivity contribution in [3.63, 3.8) is 0 Å². The summed E-state index contributed by atoms with van der Waals surface area (Å²) >= 11 is 0. The zero-order valence-electron chi connectivity index (χ0n) is 9.44. The molecule has 0 spiro atoms. The first-order valence-corrected chi connectivity index (χ1v) is 5.05. The summed E-state index contributed by atoms with van der Waals surface area (Å²) in [6, 6.07) is 0. The van der Waals surface area contributed by atoms with Crippen LogP contribution >= 0.6 is 0 Å². The number of halogens is 3. The van der Waals surface area contributed by atoms with Crippen LogP contribution in [0.15, 0.2) is 0 Å². The van der Waals surface area contributed by atoms with E-state index in [1.807, 2.05) is 0 Å². The van der Waals surface area contributed by atoms with Crippen molar-refractivity contribution in [3.8, 4) is 0 Å². The number of carboxylic acid groups (broad SMARTS) is 1. The number of aliphatic hydroxyl groups is 1. The van der Waals surface area contributed by atoms with Gasteiger partial charge in [-0.25, -0.2) is 0 Å². The normalized spacial score (nSPS) is 11.3. The highest BCUT2D eigenvalue weighted by atomic mass is 19.4. The average molecular weight is 273 g/mol. The van der Waals surface area contributed by atoms with Gasteiger partial charge in [-0.1, -0.05) is 0 Å². The minimum Gasteiger partial charge on any atom is -0.481 e. The topological polar surface area (TPSA) is 87.1 Å². The maximum atomic E-state index is 12.2. The Morgan fingerprint density at radius 1 is 1.17 bits per heavy atom. The van der Waals surface area contributed by atoms with Crippen LogP contribution in [0.5, 0.6) is 0 Å². The number of ether oxygens (including phenoxy) is 1. The van der Waals surface area contributed by atoms with E-state index in [0.717, 1.165) is 0 Å². The number of hydrogen-bond acceptors (Lipinski definition) is 4. The van der Waals surface area contributed by atoms with Crippen molar-refractivity contribution in [2.75, 3.05) is 32.9 Å². The van der Waals surface area contributed by atoms with Gasteiger partial charge in [-0.05, 0) is 0 Å². The van der Waals surface area contributed by atoms with Gasteiger partial charge in [-0.2, -0.15) is 13.2 Å². The molecular formula is C9H14F3NO5. The highest BCUT2D eigenvalue weighted by molar-refractivity contribution is 5.82. The number of hydrogen-bond donors (Lipinski definition) is 2. The number of carboxylic acids is 1. The van der Waals surface area contributed by atoms with Gasteiger partial charge in [-0.3, -0.25) is 9.59 Å². The highest BCUT2D eigenvalue weighted by Crippen LogP contribution is 2.18. The van der Waals surface area contributed by atoms with Crippen molar-refractivity contribution < 1.29 is 37.7 Å². The predicted molar refractivity (Wildman–Crippen MR) is 52.8 cm³/mol. The molecule has 0 radical (unpaired) electrons. The lowest BCUT2D eigenvalue weighted by Gasteiger charge is -2.22. The fraction of sp³-hybridized carbons (Fsp3) is 0.778. The smallest absolute Gasteiger partial charge is 0.471 e. The van der Waals surface area contributed by atoms with Crippen LogP contribution < -0.4 is 0 Å². The molecular weight excluding hydrogens is 259 g/mol. The van der Waals surface area contributed by atoms with Crippen molar-refractivity contribution >= 4 is 11.9 Å². The molecule has 0 aromatic heterocycles. The van der Waals surface area contributed by atoms with Crippen LogP contribution in [0.1, 0.15) is 6.42 Å². The number of carbonyl (C=O) groups is 2. The van der Waals surface area contributed by atoms with E-state index in [9.17, 15) is 22.8 Å². The Kier molecular flexibility index (Phi) is 7.29. The van der Waals surface area contributed by atoms with E-state index >= 15 is 0 Å². The quantitative estimate of drug-likeness (QED) is 0.601. The SMILES string of the molecule is O=C(O)CCN(CCOCCO)C(=O)C(F)(F)F. The average Bonchev–Trinajstić information content (AvgIpc) is 2.25. The van der Waals surface area contributed by atoms with Crippen LogP contribution in [0.2, 0.25) is 0 Å². The van der Waals surface area contributed by atoms with Gasteiger partial charge in [0.25, 0.3) is 0 Å². The van der Waals surface area contributed by atoms with E-state index in [-0.39, 0.29) is 26.4 Å². The van der Waals surface area contributed by atoms with Gasteiger partial charge in [0.05, 0.1) is 26.2 Å². The molecule has 0 bridgehead atoms. The lowest BCUT2D eigenvalue weighted by molar-refractivity contribution is -0.186. The standard InChI is InChI=1S/C9H14F3NO5/c10-9(11,12)8(17)13(2-1-7(15)16)3-5-18-6-4-14/h14H,1-6H2,(H,15,16). The Balaban J connectivity index is 4.33. The van der Waals surface area contributed by atoms with Crippen LogP contribution in [0.25, 0.3) is 0 Å². The molecule has 0 saturated carbocycles. The molecule has 0 aliphatic carbocycles. The molecule has 0 aromatic carbocycles. The molecule has 1 amide bonds. The molecule has 0 fully saturated rings. The van der Waals surface area contributed by atoms with Crippen LogP contribution in [0, 0.1) is 0 Å². The molecule has 9 heteroatoms. The first-order chi connectivity index (χ1) is 8.29. The van der Waals surface area contributed by atoms with Gasteiger partial charge in [-0.15, -0.1) is 0 Å². The number of amides is 1. The second-order valence-electron chi connectivity index (χ2n) is 3.27. The zero-order chi connectivity index (χ0) is 14.2. The fourth-order valence-electron chi connectivity index (χ4n) is 1.07. The number of aliphatic carboxylic acids is 1. The van der Waals surface area contributed by atoms with Gasteiger partial charge < -0.3 is 19.8 Å². The molecule has 0 saturated heterocycles. The van der Waals surface area contributed by atoms with E-state index in [1.165, 1.54) is 0 Å².